The van der Waals surface area contributed by atoms with E-state index >= 15 is 0 Å². The summed E-state index contributed by atoms with van der Waals surface area (Å²) >= 11 is 0. The molecular formula is C20H23N5O5S. The molecular weight excluding hydrogens is 422 g/mol. The standard InChI is InChI=1S/C20H23N5O5S/c1-13-17(14(2)25-18(21-13)12-20(27)23-25)11-19(26)22-15-4-3-5-16(10-15)31(28,29)24-6-8-30-9-7-24/h3-5,10,12H,6-9,11H2,1-2H3,(H,22,26)(H,23,27). The molecule has 1 fully saturated rings. The number of benzene rings is 1. The van der Waals surface area contributed by atoms with Crippen LogP contribution in [0.1, 0.15) is 17.0 Å². The van der Waals surface area contributed by atoms with E-state index in [1.54, 1.807) is 30.5 Å². The molecule has 0 saturated carbocycles. The third-order valence-corrected chi connectivity index (χ3v) is 7.16. The van der Waals surface area contributed by atoms with Gasteiger partial charge in [-0.05, 0) is 32.0 Å². The molecule has 10 nitrogen and oxygen atoms in total. The van der Waals surface area contributed by atoms with Gasteiger partial charge in [0.2, 0.25) is 15.9 Å². The summed E-state index contributed by atoms with van der Waals surface area (Å²) in [7, 11) is -3.66. The van der Waals surface area contributed by atoms with Crippen LogP contribution in [-0.4, -0.2) is 59.5 Å². The lowest BCUT2D eigenvalue weighted by atomic mass is 10.1. The number of carbonyl (C=O) groups excluding carboxylic acids is 1. The molecule has 1 aliphatic rings. The van der Waals surface area contributed by atoms with E-state index in [1.165, 1.54) is 22.5 Å². The van der Waals surface area contributed by atoms with Gasteiger partial charge < -0.3 is 10.1 Å². The van der Waals surface area contributed by atoms with Crippen molar-refractivity contribution in [1.29, 1.82) is 0 Å². The van der Waals surface area contributed by atoms with E-state index in [-0.39, 0.29) is 22.8 Å². The van der Waals surface area contributed by atoms with Crippen molar-refractivity contribution in [2.45, 2.75) is 25.2 Å². The van der Waals surface area contributed by atoms with Gasteiger partial charge in [-0.25, -0.2) is 17.9 Å². The van der Waals surface area contributed by atoms with Crippen LogP contribution in [0, 0.1) is 13.8 Å². The molecule has 3 aromatic rings. The maximum atomic E-state index is 12.8. The van der Waals surface area contributed by atoms with E-state index in [9.17, 15) is 18.0 Å². The summed E-state index contributed by atoms with van der Waals surface area (Å²) in [5.41, 5.74) is 2.66. The summed E-state index contributed by atoms with van der Waals surface area (Å²) in [5, 5.41) is 5.42. The van der Waals surface area contributed by atoms with Crippen molar-refractivity contribution < 1.29 is 17.9 Å². The van der Waals surface area contributed by atoms with Gasteiger partial charge in [-0.3, -0.25) is 14.7 Å². The highest BCUT2D eigenvalue weighted by Gasteiger charge is 2.26. The number of carbonyl (C=O) groups is 1. The lowest BCUT2D eigenvalue weighted by molar-refractivity contribution is -0.115. The summed E-state index contributed by atoms with van der Waals surface area (Å²) in [6.07, 6.45) is 0.0290. The molecule has 0 bridgehead atoms. The van der Waals surface area contributed by atoms with Gasteiger partial charge in [0.25, 0.3) is 5.56 Å². The zero-order valence-electron chi connectivity index (χ0n) is 17.2. The molecule has 11 heteroatoms. The number of nitrogens with zero attached hydrogens (tertiary/aromatic N) is 3. The number of amides is 1. The Morgan fingerprint density at radius 2 is 1.97 bits per heavy atom. The number of fused-ring (bicyclic) bond motifs is 1. The van der Waals surface area contributed by atoms with Crippen molar-refractivity contribution in [3.63, 3.8) is 0 Å². The Bertz CT molecular complexity index is 1310. The topological polar surface area (TPSA) is 126 Å². The number of sulfonamides is 1. The van der Waals surface area contributed by atoms with Crippen LogP contribution >= 0.6 is 0 Å². The van der Waals surface area contributed by atoms with Crippen LogP contribution in [0.5, 0.6) is 0 Å². The molecule has 164 valence electrons. The highest BCUT2D eigenvalue weighted by atomic mass is 32.2. The molecule has 1 saturated heterocycles. The molecule has 2 aromatic heterocycles. The Balaban J connectivity index is 1.54. The number of ether oxygens (including phenoxy) is 1. The van der Waals surface area contributed by atoms with Crippen molar-refractivity contribution in [1.82, 2.24) is 18.9 Å². The minimum absolute atomic E-state index is 0.0290. The monoisotopic (exact) mass is 445 g/mol. The highest BCUT2D eigenvalue weighted by Crippen LogP contribution is 2.21. The second kappa shape index (κ2) is 8.25. The van der Waals surface area contributed by atoms with Gasteiger partial charge >= 0.3 is 0 Å². The molecule has 0 spiro atoms. The van der Waals surface area contributed by atoms with Crippen LogP contribution in [0.4, 0.5) is 5.69 Å². The molecule has 0 unspecified atom stereocenters. The van der Waals surface area contributed by atoms with E-state index in [1.807, 2.05) is 0 Å². The summed E-state index contributed by atoms with van der Waals surface area (Å²) in [6.45, 7) is 4.90. The fourth-order valence-electron chi connectivity index (χ4n) is 3.65. The smallest absolute Gasteiger partial charge is 0.266 e. The molecule has 31 heavy (non-hydrogen) atoms. The zero-order valence-corrected chi connectivity index (χ0v) is 18.0. The van der Waals surface area contributed by atoms with Crippen LogP contribution in [0.15, 0.2) is 40.0 Å². The van der Waals surface area contributed by atoms with Crippen molar-refractivity contribution >= 4 is 27.3 Å². The summed E-state index contributed by atoms with van der Waals surface area (Å²) in [6, 6.07) is 7.59. The number of nitrogens with one attached hydrogen (secondary N) is 2. The van der Waals surface area contributed by atoms with Gasteiger partial charge in [-0.1, -0.05) is 6.07 Å². The van der Waals surface area contributed by atoms with E-state index in [2.05, 4.69) is 15.4 Å². The Morgan fingerprint density at radius 3 is 2.71 bits per heavy atom. The second-order valence-electron chi connectivity index (χ2n) is 7.34. The van der Waals surface area contributed by atoms with Gasteiger partial charge in [-0.2, -0.15) is 4.31 Å². The predicted octanol–water partition coefficient (Wildman–Crippen LogP) is 0.842. The Labute approximate surface area is 178 Å². The lowest BCUT2D eigenvalue weighted by Gasteiger charge is -2.26. The van der Waals surface area contributed by atoms with Gasteiger partial charge in [-0.15, -0.1) is 0 Å². The van der Waals surface area contributed by atoms with Crippen LogP contribution in [0.2, 0.25) is 0 Å². The van der Waals surface area contributed by atoms with Gasteiger partial charge in [0.05, 0.1) is 24.5 Å². The molecule has 3 heterocycles. The zero-order chi connectivity index (χ0) is 22.2. The number of morpholine rings is 1. The molecule has 4 rings (SSSR count). The summed E-state index contributed by atoms with van der Waals surface area (Å²) in [5.74, 6) is -0.317. The molecule has 1 amide bonds. The molecule has 1 aromatic carbocycles. The number of hydrogen-bond acceptors (Lipinski definition) is 6. The van der Waals surface area contributed by atoms with Gasteiger partial charge in [0.1, 0.15) is 0 Å². The van der Waals surface area contributed by atoms with Crippen LogP contribution in [0.25, 0.3) is 5.65 Å². The van der Waals surface area contributed by atoms with Gasteiger partial charge in [0.15, 0.2) is 5.65 Å². The maximum absolute atomic E-state index is 12.8. The molecule has 1 aliphatic heterocycles. The van der Waals surface area contributed by atoms with E-state index in [0.717, 1.165) is 0 Å². The fourth-order valence-corrected chi connectivity index (χ4v) is 5.10. The quantitative estimate of drug-likeness (QED) is 0.599. The second-order valence-corrected chi connectivity index (χ2v) is 9.28. The number of anilines is 1. The Kier molecular flexibility index (Phi) is 5.65. The minimum Gasteiger partial charge on any atom is -0.379 e. The first-order chi connectivity index (χ1) is 14.8. The lowest BCUT2D eigenvalue weighted by Crippen LogP contribution is -2.40. The average Bonchev–Trinajstić information content (AvgIpc) is 3.12. The molecule has 0 radical (unpaired) electrons. The highest BCUT2D eigenvalue weighted by molar-refractivity contribution is 7.89. The van der Waals surface area contributed by atoms with Gasteiger partial charge in [0, 0.05) is 41.8 Å². The number of H-pyrrole nitrogens is 1. The largest absolute Gasteiger partial charge is 0.379 e. The van der Waals surface area contributed by atoms with E-state index < -0.39 is 10.0 Å². The average molecular weight is 446 g/mol. The third-order valence-electron chi connectivity index (χ3n) is 5.27. The molecule has 0 aliphatic carbocycles. The third kappa shape index (κ3) is 4.24. The molecule has 0 atom stereocenters. The minimum atomic E-state index is -3.66. The number of rotatable bonds is 5. The number of aromatic amines is 1. The first-order valence-electron chi connectivity index (χ1n) is 9.81. The van der Waals surface area contributed by atoms with Crippen LogP contribution in [0.3, 0.4) is 0 Å². The Hall–Kier alpha value is -3.02. The van der Waals surface area contributed by atoms with E-state index in [0.29, 0.717) is 54.6 Å². The number of hydrogen-bond donors (Lipinski definition) is 2. The molecule has 2 N–H and O–H groups in total. The summed E-state index contributed by atoms with van der Waals surface area (Å²) in [4.78, 5) is 28.8. The fraction of sp³-hybridized carbons (Fsp3) is 0.350. The first kappa shape index (κ1) is 21.2. The first-order valence-corrected chi connectivity index (χ1v) is 11.3. The Morgan fingerprint density at radius 1 is 1.23 bits per heavy atom. The SMILES string of the molecule is Cc1nc2cc(=O)[nH]n2c(C)c1CC(=O)Nc1cccc(S(=O)(=O)N2CCOCC2)c1. The van der Waals surface area contributed by atoms with Crippen LogP contribution < -0.4 is 10.9 Å². The summed E-state index contributed by atoms with van der Waals surface area (Å²) < 4.78 is 33.8. The van der Waals surface area contributed by atoms with Crippen molar-refractivity contribution in [3.05, 3.63) is 57.6 Å². The van der Waals surface area contributed by atoms with Crippen molar-refractivity contribution in [2.75, 3.05) is 31.6 Å². The number of aryl methyl sites for hydroxylation is 2. The predicted molar refractivity (Wildman–Crippen MR) is 114 cm³/mol. The normalized spacial score (nSPS) is 15.3. The number of aromatic nitrogens is 3. The van der Waals surface area contributed by atoms with Crippen molar-refractivity contribution in [2.24, 2.45) is 0 Å². The maximum Gasteiger partial charge on any atom is 0.266 e. The van der Waals surface area contributed by atoms with Crippen molar-refractivity contribution in [3.8, 4) is 0 Å². The van der Waals surface area contributed by atoms with Crippen LogP contribution in [-0.2, 0) is 26.0 Å². The van der Waals surface area contributed by atoms with E-state index in [4.69, 9.17) is 4.74 Å².